The van der Waals surface area contributed by atoms with E-state index in [1.54, 1.807) is 0 Å². The van der Waals surface area contributed by atoms with Crippen molar-refractivity contribution in [1.82, 2.24) is 0 Å². The van der Waals surface area contributed by atoms with Gasteiger partial charge in [0, 0.05) is 10.9 Å². The summed E-state index contributed by atoms with van der Waals surface area (Å²) in [5, 5.41) is 0.783. The predicted octanol–water partition coefficient (Wildman–Crippen LogP) is 8.02. The van der Waals surface area contributed by atoms with Crippen LogP contribution < -0.4 is 0 Å². The summed E-state index contributed by atoms with van der Waals surface area (Å²) in [6.45, 7) is 3.15. The van der Waals surface area contributed by atoms with E-state index in [-0.39, 0.29) is 0 Å². The number of unbranched alkanes of at least 4 members (excludes halogenated alkanes) is 5. The molecule has 1 aliphatic heterocycles. The minimum Gasteiger partial charge on any atom is -0.378 e. The van der Waals surface area contributed by atoms with Gasteiger partial charge in [-0.2, -0.15) is 0 Å². The van der Waals surface area contributed by atoms with Crippen LogP contribution in [0.5, 0.6) is 0 Å². The molecule has 1 fully saturated rings. The summed E-state index contributed by atoms with van der Waals surface area (Å²) in [7, 11) is 0. The van der Waals surface area contributed by atoms with Gasteiger partial charge in [-0.15, -0.1) is 0 Å². The predicted molar refractivity (Wildman–Crippen MR) is 117 cm³/mol. The molecule has 1 heterocycles. The van der Waals surface area contributed by atoms with Gasteiger partial charge in [-0.25, -0.2) is 0 Å². The molecule has 1 saturated heterocycles. The number of halogens is 1. The molecule has 0 aromatic heterocycles. The molecule has 3 rings (SSSR count). The second-order valence-corrected chi connectivity index (χ2v) is 8.35. The molecule has 1 nitrogen and oxygen atoms in total. The molecule has 0 amide bonds. The number of ether oxygens (including phenoxy) is 1. The van der Waals surface area contributed by atoms with Gasteiger partial charge in [0.05, 0.1) is 12.7 Å². The van der Waals surface area contributed by atoms with Gasteiger partial charge in [0.1, 0.15) is 0 Å². The molecule has 2 unspecified atom stereocenters. The van der Waals surface area contributed by atoms with Gasteiger partial charge in [0.15, 0.2) is 0 Å². The van der Waals surface area contributed by atoms with Crippen LogP contribution in [0.15, 0.2) is 48.5 Å². The highest BCUT2D eigenvalue weighted by Gasteiger charge is 2.22. The Labute approximate surface area is 170 Å². The summed E-state index contributed by atoms with van der Waals surface area (Å²) >= 11 is 5.98. The van der Waals surface area contributed by atoms with E-state index < -0.39 is 0 Å². The SMILES string of the molecule is CCCCCCCCC1CCC(c2ccc(-c3ccc(Cl)cc3)cc2)CO1. The average molecular weight is 385 g/mol. The van der Waals surface area contributed by atoms with E-state index in [2.05, 4.69) is 43.3 Å². The van der Waals surface area contributed by atoms with E-state index in [0.717, 1.165) is 11.6 Å². The zero-order valence-electron chi connectivity index (χ0n) is 16.6. The van der Waals surface area contributed by atoms with Crippen LogP contribution in [0.2, 0.25) is 5.02 Å². The third-order valence-corrected chi connectivity index (χ3v) is 6.06. The first-order valence-electron chi connectivity index (χ1n) is 10.7. The van der Waals surface area contributed by atoms with Crippen molar-refractivity contribution in [2.75, 3.05) is 6.61 Å². The molecule has 146 valence electrons. The maximum Gasteiger partial charge on any atom is 0.0575 e. The van der Waals surface area contributed by atoms with Crippen LogP contribution in [0.25, 0.3) is 11.1 Å². The highest BCUT2D eigenvalue weighted by Crippen LogP contribution is 2.31. The molecule has 2 aromatic carbocycles. The van der Waals surface area contributed by atoms with Crippen molar-refractivity contribution < 1.29 is 4.74 Å². The third-order valence-electron chi connectivity index (χ3n) is 5.81. The maximum absolute atomic E-state index is 6.19. The maximum atomic E-state index is 6.19. The van der Waals surface area contributed by atoms with Crippen LogP contribution in [0.3, 0.4) is 0 Å². The zero-order valence-corrected chi connectivity index (χ0v) is 17.4. The van der Waals surface area contributed by atoms with Gasteiger partial charge in [0.2, 0.25) is 0 Å². The molecule has 0 saturated carbocycles. The summed E-state index contributed by atoms with van der Waals surface area (Å²) in [4.78, 5) is 0. The standard InChI is InChI=1S/C25H33ClO/c1-2-3-4-5-6-7-8-25-18-15-23(19-27-25)22-11-9-20(10-12-22)21-13-16-24(26)17-14-21/h9-14,16-17,23,25H,2-8,15,18-19H2,1H3. The Morgan fingerprint density at radius 1 is 0.815 bits per heavy atom. The normalized spacial score (nSPS) is 19.9. The van der Waals surface area contributed by atoms with E-state index >= 15 is 0 Å². The zero-order chi connectivity index (χ0) is 18.9. The molecular formula is C25H33ClO. The fourth-order valence-electron chi connectivity index (χ4n) is 4.04. The second-order valence-electron chi connectivity index (χ2n) is 7.91. The fraction of sp³-hybridized carbons (Fsp3) is 0.520. The Morgan fingerprint density at radius 3 is 2.07 bits per heavy atom. The summed E-state index contributed by atoms with van der Waals surface area (Å²) in [6, 6.07) is 17.0. The van der Waals surface area contributed by atoms with Crippen molar-refractivity contribution in [3.8, 4) is 11.1 Å². The van der Waals surface area contributed by atoms with Crippen LogP contribution in [0, 0.1) is 0 Å². The van der Waals surface area contributed by atoms with Crippen LogP contribution in [0.1, 0.15) is 76.2 Å². The van der Waals surface area contributed by atoms with Gasteiger partial charge in [0.25, 0.3) is 0 Å². The molecule has 2 aromatic rings. The molecule has 0 spiro atoms. The first kappa shape index (κ1) is 20.4. The molecule has 0 aliphatic carbocycles. The van der Waals surface area contributed by atoms with Crippen molar-refractivity contribution in [1.29, 1.82) is 0 Å². The number of hydrogen-bond donors (Lipinski definition) is 0. The van der Waals surface area contributed by atoms with E-state index in [9.17, 15) is 0 Å². The lowest BCUT2D eigenvalue weighted by atomic mass is 9.89. The molecule has 27 heavy (non-hydrogen) atoms. The number of hydrogen-bond acceptors (Lipinski definition) is 1. The molecule has 2 heteroatoms. The van der Waals surface area contributed by atoms with Crippen molar-refractivity contribution in [3.05, 3.63) is 59.1 Å². The molecule has 0 bridgehead atoms. The first-order chi connectivity index (χ1) is 13.3. The Morgan fingerprint density at radius 2 is 1.44 bits per heavy atom. The van der Waals surface area contributed by atoms with Crippen LogP contribution in [-0.2, 0) is 4.74 Å². The number of benzene rings is 2. The summed E-state index contributed by atoms with van der Waals surface area (Å²) in [6.07, 6.45) is 12.4. The molecular weight excluding hydrogens is 352 g/mol. The van der Waals surface area contributed by atoms with Crippen LogP contribution >= 0.6 is 11.6 Å². The van der Waals surface area contributed by atoms with E-state index in [1.165, 1.54) is 74.5 Å². The topological polar surface area (TPSA) is 9.23 Å². The quantitative estimate of drug-likeness (QED) is 0.397. The van der Waals surface area contributed by atoms with E-state index in [1.807, 2.05) is 12.1 Å². The fourth-order valence-corrected chi connectivity index (χ4v) is 4.16. The largest absolute Gasteiger partial charge is 0.378 e. The second kappa shape index (κ2) is 10.9. The van der Waals surface area contributed by atoms with Gasteiger partial charge >= 0.3 is 0 Å². The lowest BCUT2D eigenvalue weighted by Crippen LogP contribution is -2.24. The summed E-state index contributed by atoms with van der Waals surface area (Å²) < 4.78 is 6.19. The van der Waals surface area contributed by atoms with Gasteiger partial charge in [-0.05, 0) is 48.1 Å². The van der Waals surface area contributed by atoms with Crippen molar-refractivity contribution in [3.63, 3.8) is 0 Å². The van der Waals surface area contributed by atoms with Gasteiger partial charge in [-0.3, -0.25) is 0 Å². The Balaban J connectivity index is 1.42. The van der Waals surface area contributed by atoms with Gasteiger partial charge < -0.3 is 4.74 Å². The molecule has 0 N–H and O–H groups in total. The molecule has 2 atom stereocenters. The Kier molecular flexibility index (Phi) is 8.23. The third kappa shape index (κ3) is 6.36. The minimum atomic E-state index is 0.487. The molecule has 0 radical (unpaired) electrons. The van der Waals surface area contributed by atoms with E-state index in [0.29, 0.717) is 12.0 Å². The highest BCUT2D eigenvalue weighted by molar-refractivity contribution is 6.30. The van der Waals surface area contributed by atoms with Crippen molar-refractivity contribution >= 4 is 11.6 Å². The lowest BCUT2D eigenvalue weighted by Gasteiger charge is -2.29. The van der Waals surface area contributed by atoms with Crippen molar-refractivity contribution in [2.24, 2.45) is 0 Å². The monoisotopic (exact) mass is 384 g/mol. The Bertz CT molecular complexity index is 654. The van der Waals surface area contributed by atoms with Crippen LogP contribution in [0.4, 0.5) is 0 Å². The van der Waals surface area contributed by atoms with E-state index in [4.69, 9.17) is 16.3 Å². The summed E-state index contributed by atoms with van der Waals surface area (Å²) in [5.41, 5.74) is 3.86. The smallest absolute Gasteiger partial charge is 0.0575 e. The van der Waals surface area contributed by atoms with Crippen LogP contribution in [-0.4, -0.2) is 12.7 Å². The van der Waals surface area contributed by atoms with Gasteiger partial charge in [-0.1, -0.05) is 93.4 Å². The first-order valence-corrected chi connectivity index (χ1v) is 11.1. The summed E-state index contributed by atoms with van der Waals surface area (Å²) in [5.74, 6) is 0.546. The number of rotatable bonds is 9. The highest BCUT2D eigenvalue weighted by atomic mass is 35.5. The Hall–Kier alpha value is -1.31. The molecule has 1 aliphatic rings. The minimum absolute atomic E-state index is 0.487. The van der Waals surface area contributed by atoms with Crippen molar-refractivity contribution in [2.45, 2.75) is 76.7 Å². The average Bonchev–Trinajstić information content (AvgIpc) is 2.72. The lowest BCUT2D eigenvalue weighted by molar-refractivity contribution is -0.00213.